The summed E-state index contributed by atoms with van der Waals surface area (Å²) < 4.78 is 0. The van der Waals surface area contributed by atoms with Gasteiger partial charge in [0, 0.05) is 24.2 Å². The Hall–Kier alpha value is -2.23. The second-order valence-electron chi connectivity index (χ2n) is 3.91. The summed E-state index contributed by atoms with van der Waals surface area (Å²) in [5, 5.41) is 0. The highest BCUT2D eigenvalue weighted by Gasteiger charge is 2.17. The highest BCUT2D eigenvalue weighted by molar-refractivity contribution is 6.13. The maximum atomic E-state index is 12.3. The van der Waals surface area contributed by atoms with E-state index in [0.717, 1.165) is 11.1 Å². The number of ketones is 1. The van der Waals surface area contributed by atoms with Crippen molar-refractivity contribution in [3.63, 3.8) is 0 Å². The summed E-state index contributed by atoms with van der Waals surface area (Å²) in [6.07, 6.45) is 4.81. The van der Waals surface area contributed by atoms with Gasteiger partial charge in [0.15, 0.2) is 5.78 Å². The molecule has 0 amide bonds. The number of aryl methyl sites for hydroxylation is 2. The zero-order chi connectivity index (χ0) is 12.4. The first kappa shape index (κ1) is 11.3. The van der Waals surface area contributed by atoms with Crippen LogP contribution >= 0.6 is 0 Å². The second-order valence-corrected chi connectivity index (χ2v) is 3.91. The molecule has 0 radical (unpaired) electrons. The summed E-state index contributed by atoms with van der Waals surface area (Å²) >= 11 is 0. The normalized spacial score (nSPS) is 10.2. The standard InChI is InChI=1S/C13H13N3O/c1-8-3-5-15-7-10(8)12(17)11-9(2)4-6-16-13(11)14/h3-7H,1-2H3,(H2,14,16). The molecule has 0 atom stereocenters. The van der Waals surface area contributed by atoms with E-state index in [2.05, 4.69) is 9.97 Å². The molecular weight excluding hydrogens is 214 g/mol. The third-order valence-electron chi connectivity index (χ3n) is 2.70. The summed E-state index contributed by atoms with van der Waals surface area (Å²) in [7, 11) is 0. The molecule has 4 heteroatoms. The predicted octanol–water partition coefficient (Wildman–Crippen LogP) is 1.91. The van der Waals surface area contributed by atoms with Crippen LogP contribution in [0.5, 0.6) is 0 Å². The third-order valence-corrected chi connectivity index (χ3v) is 2.70. The van der Waals surface area contributed by atoms with E-state index in [1.54, 1.807) is 30.7 Å². The Bertz CT molecular complexity index is 558. The van der Waals surface area contributed by atoms with Crippen LogP contribution in [0.25, 0.3) is 0 Å². The molecule has 86 valence electrons. The van der Waals surface area contributed by atoms with Crippen LogP contribution in [0.4, 0.5) is 5.82 Å². The lowest BCUT2D eigenvalue weighted by Gasteiger charge is -2.08. The molecule has 0 spiro atoms. The molecule has 2 aromatic heterocycles. The van der Waals surface area contributed by atoms with Gasteiger partial charge in [-0.25, -0.2) is 4.98 Å². The predicted molar refractivity (Wildman–Crippen MR) is 65.8 cm³/mol. The Kier molecular flexibility index (Phi) is 2.87. The van der Waals surface area contributed by atoms with E-state index in [9.17, 15) is 4.79 Å². The molecule has 2 heterocycles. The highest BCUT2D eigenvalue weighted by Crippen LogP contribution is 2.19. The SMILES string of the molecule is Cc1ccncc1C(=O)c1c(C)ccnc1N. The van der Waals surface area contributed by atoms with E-state index in [-0.39, 0.29) is 11.6 Å². The zero-order valence-corrected chi connectivity index (χ0v) is 9.77. The summed E-state index contributed by atoms with van der Waals surface area (Å²) in [5.41, 5.74) is 8.49. The molecule has 0 fully saturated rings. The van der Waals surface area contributed by atoms with Gasteiger partial charge in [0.1, 0.15) is 5.82 Å². The number of hydrogen-bond acceptors (Lipinski definition) is 4. The molecule has 0 saturated carbocycles. The number of nitrogen functional groups attached to an aromatic ring is 1. The van der Waals surface area contributed by atoms with Crippen LogP contribution in [-0.2, 0) is 0 Å². The fourth-order valence-corrected chi connectivity index (χ4v) is 1.71. The average molecular weight is 227 g/mol. The van der Waals surface area contributed by atoms with Crippen molar-refractivity contribution in [3.8, 4) is 0 Å². The van der Waals surface area contributed by atoms with Gasteiger partial charge in [0.25, 0.3) is 0 Å². The largest absolute Gasteiger partial charge is 0.383 e. The average Bonchev–Trinajstić information content (AvgIpc) is 2.29. The fourth-order valence-electron chi connectivity index (χ4n) is 1.71. The molecule has 0 aromatic carbocycles. The van der Waals surface area contributed by atoms with Crippen molar-refractivity contribution in [3.05, 3.63) is 53.0 Å². The molecule has 0 aliphatic heterocycles. The molecule has 0 bridgehead atoms. The molecule has 2 aromatic rings. The van der Waals surface area contributed by atoms with Gasteiger partial charge in [-0.1, -0.05) is 0 Å². The molecule has 17 heavy (non-hydrogen) atoms. The van der Waals surface area contributed by atoms with Gasteiger partial charge < -0.3 is 5.73 Å². The molecule has 0 aliphatic rings. The Morgan fingerprint density at radius 3 is 2.53 bits per heavy atom. The van der Waals surface area contributed by atoms with E-state index < -0.39 is 0 Å². The number of nitrogens with zero attached hydrogens (tertiary/aromatic N) is 2. The Morgan fingerprint density at radius 1 is 1.18 bits per heavy atom. The van der Waals surface area contributed by atoms with E-state index in [0.29, 0.717) is 11.1 Å². The highest BCUT2D eigenvalue weighted by atomic mass is 16.1. The van der Waals surface area contributed by atoms with Crippen molar-refractivity contribution in [1.29, 1.82) is 0 Å². The van der Waals surface area contributed by atoms with Crippen molar-refractivity contribution in [1.82, 2.24) is 9.97 Å². The van der Waals surface area contributed by atoms with Crippen molar-refractivity contribution >= 4 is 11.6 Å². The van der Waals surface area contributed by atoms with E-state index in [4.69, 9.17) is 5.73 Å². The van der Waals surface area contributed by atoms with Crippen LogP contribution in [0.1, 0.15) is 27.0 Å². The lowest BCUT2D eigenvalue weighted by atomic mass is 9.98. The molecule has 0 aliphatic carbocycles. The number of nitrogens with two attached hydrogens (primary N) is 1. The minimum Gasteiger partial charge on any atom is -0.383 e. The van der Waals surface area contributed by atoms with Crippen LogP contribution in [0.3, 0.4) is 0 Å². The number of carbonyl (C=O) groups is 1. The minimum absolute atomic E-state index is 0.126. The molecule has 4 nitrogen and oxygen atoms in total. The summed E-state index contributed by atoms with van der Waals surface area (Å²) in [6.45, 7) is 3.72. The van der Waals surface area contributed by atoms with Gasteiger partial charge in [0.05, 0.1) is 5.56 Å². The lowest BCUT2D eigenvalue weighted by molar-refractivity contribution is 0.103. The lowest BCUT2D eigenvalue weighted by Crippen LogP contribution is -2.10. The molecular formula is C13H13N3O. The zero-order valence-electron chi connectivity index (χ0n) is 9.77. The molecule has 0 unspecified atom stereocenters. The number of aromatic nitrogens is 2. The Morgan fingerprint density at radius 2 is 1.88 bits per heavy atom. The summed E-state index contributed by atoms with van der Waals surface area (Å²) in [6, 6.07) is 3.57. The van der Waals surface area contributed by atoms with Crippen molar-refractivity contribution in [2.75, 3.05) is 5.73 Å². The number of rotatable bonds is 2. The van der Waals surface area contributed by atoms with Gasteiger partial charge in [-0.05, 0) is 37.1 Å². The summed E-state index contributed by atoms with van der Waals surface area (Å²) in [4.78, 5) is 20.3. The van der Waals surface area contributed by atoms with E-state index >= 15 is 0 Å². The third kappa shape index (κ3) is 2.01. The fraction of sp³-hybridized carbons (Fsp3) is 0.154. The summed E-state index contributed by atoms with van der Waals surface area (Å²) in [5.74, 6) is 0.136. The van der Waals surface area contributed by atoms with Crippen LogP contribution in [0.2, 0.25) is 0 Å². The van der Waals surface area contributed by atoms with Gasteiger partial charge in [-0.3, -0.25) is 9.78 Å². The minimum atomic E-state index is -0.126. The Balaban J connectivity index is 2.56. The number of pyridine rings is 2. The van der Waals surface area contributed by atoms with Crippen LogP contribution < -0.4 is 5.73 Å². The van der Waals surface area contributed by atoms with Crippen molar-refractivity contribution in [2.24, 2.45) is 0 Å². The number of anilines is 1. The number of hydrogen-bond donors (Lipinski definition) is 1. The van der Waals surface area contributed by atoms with E-state index in [1.807, 2.05) is 13.8 Å². The van der Waals surface area contributed by atoms with Gasteiger partial charge in [0.2, 0.25) is 0 Å². The first-order valence-corrected chi connectivity index (χ1v) is 5.27. The molecule has 2 rings (SSSR count). The van der Waals surface area contributed by atoms with Crippen molar-refractivity contribution < 1.29 is 4.79 Å². The first-order chi connectivity index (χ1) is 8.11. The van der Waals surface area contributed by atoms with Crippen LogP contribution in [-0.4, -0.2) is 15.8 Å². The monoisotopic (exact) mass is 227 g/mol. The maximum Gasteiger partial charge on any atom is 0.198 e. The number of carbonyl (C=O) groups excluding carboxylic acids is 1. The quantitative estimate of drug-likeness (QED) is 0.795. The first-order valence-electron chi connectivity index (χ1n) is 5.27. The van der Waals surface area contributed by atoms with Crippen LogP contribution in [0.15, 0.2) is 30.7 Å². The second kappa shape index (κ2) is 4.33. The van der Waals surface area contributed by atoms with Gasteiger partial charge in [-0.2, -0.15) is 0 Å². The van der Waals surface area contributed by atoms with Gasteiger partial charge in [-0.15, -0.1) is 0 Å². The molecule has 2 N–H and O–H groups in total. The van der Waals surface area contributed by atoms with Crippen LogP contribution in [0, 0.1) is 13.8 Å². The maximum absolute atomic E-state index is 12.3. The van der Waals surface area contributed by atoms with Gasteiger partial charge >= 0.3 is 0 Å². The van der Waals surface area contributed by atoms with E-state index in [1.165, 1.54) is 0 Å². The smallest absolute Gasteiger partial charge is 0.198 e. The Labute approximate surface area is 99.5 Å². The van der Waals surface area contributed by atoms with Crippen molar-refractivity contribution in [2.45, 2.75) is 13.8 Å². The molecule has 0 saturated heterocycles. The topological polar surface area (TPSA) is 68.9 Å².